The summed E-state index contributed by atoms with van der Waals surface area (Å²) in [4.78, 5) is 37.8. The number of hydrogen-bond donors (Lipinski definition) is 1. The number of carbonyl (C=O) groups excluding carboxylic acids is 2. The van der Waals surface area contributed by atoms with Crippen LogP contribution in [0.25, 0.3) is 10.8 Å². The fourth-order valence-corrected chi connectivity index (χ4v) is 2.89. The number of para-hydroxylation sites is 1. The van der Waals surface area contributed by atoms with Gasteiger partial charge in [0.15, 0.2) is 11.8 Å². The van der Waals surface area contributed by atoms with Gasteiger partial charge in [0.25, 0.3) is 11.5 Å². The monoisotopic (exact) mass is 393 g/mol. The lowest BCUT2D eigenvalue weighted by atomic mass is 10.1. The smallest absolute Gasteiger partial charge is 0.360 e. The number of esters is 1. The van der Waals surface area contributed by atoms with Crippen molar-refractivity contribution in [2.45, 2.75) is 33.4 Å². The van der Waals surface area contributed by atoms with Gasteiger partial charge in [-0.15, -0.1) is 0 Å². The molecule has 0 spiro atoms. The Morgan fingerprint density at radius 3 is 2.28 bits per heavy atom. The van der Waals surface area contributed by atoms with Crippen molar-refractivity contribution in [1.82, 2.24) is 9.78 Å². The number of nitrogens with one attached hydrogen (secondary N) is 1. The maximum Gasteiger partial charge on any atom is 0.360 e. The Hall–Kier alpha value is -3.48. The summed E-state index contributed by atoms with van der Waals surface area (Å²) >= 11 is 0. The number of rotatable bonds is 6. The van der Waals surface area contributed by atoms with Crippen LogP contribution in [-0.4, -0.2) is 27.8 Å². The molecule has 29 heavy (non-hydrogen) atoms. The van der Waals surface area contributed by atoms with Crippen LogP contribution in [0.3, 0.4) is 0 Å². The fourth-order valence-electron chi connectivity index (χ4n) is 2.89. The molecule has 7 heteroatoms. The molecule has 2 aromatic carbocycles. The van der Waals surface area contributed by atoms with Crippen molar-refractivity contribution in [2.24, 2.45) is 5.92 Å². The summed E-state index contributed by atoms with van der Waals surface area (Å²) in [5.74, 6) is -1.04. The predicted octanol–water partition coefficient (Wildman–Crippen LogP) is 3.24. The molecule has 1 heterocycles. The number of ether oxygens (including phenoxy) is 1. The minimum Gasteiger partial charge on any atom is -0.448 e. The molecule has 0 aliphatic carbocycles. The van der Waals surface area contributed by atoms with Crippen molar-refractivity contribution in [3.8, 4) is 0 Å². The van der Waals surface area contributed by atoms with E-state index in [0.717, 1.165) is 0 Å². The van der Waals surface area contributed by atoms with Crippen molar-refractivity contribution < 1.29 is 14.3 Å². The van der Waals surface area contributed by atoms with Gasteiger partial charge in [-0.2, -0.15) is 5.10 Å². The van der Waals surface area contributed by atoms with Crippen molar-refractivity contribution >= 4 is 28.3 Å². The third-order valence-corrected chi connectivity index (χ3v) is 4.29. The Morgan fingerprint density at radius 2 is 1.62 bits per heavy atom. The van der Waals surface area contributed by atoms with Gasteiger partial charge < -0.3 is 10.1 Å². The normalized spacial score (nSPS) is 12.0. The average Bonchev–Trinajstić information content (AvgIpc) is 2.70. The first kappa shape index (κ1) is 20.3. The van der Waals surface area contributed by atoms with Crippen molar-refractivity contribution in [3.63, 3.8) is 0 Å². The van der Waals surface area contributed by atoms with Crippen LogP contribution in [0, 0.1) is 5.92 Å². The highest BCUT2D eigenvalue weighted by Gasteiger charge is 2.23. The van der Waals surface area contributed by atoms with Gasteiger partial charge in [-0.25, -0.2) is 9.48 Å². The Balaban J connectivity index is 1.87. The molecule has 0 unspecified atom stereocenters. The number of nitrogens with zero attached hydrogens (tertiary/aromatic N) is 2. The molecule has 0 aliphatic rings. The summed E-state index contributed by atoms with van der Waals surface area (Å²) in [6, 6.07) is 15.6. The third kappa shape index (κ3) is 4.68. The highest BCUT2D eigenvalue weighted by Crippen LogP contribution is 2.16. The lowest BCUT2D eigenvalue weighted by Gasteiger charge is -2.15. The number of anilines is 1. The summed E-state index contributed by atoms with van der Waals surface area (Å²) in [7, 11) is 0. The molecule has 1 aromatic heterocycles. The summed E-state index contributed by atoms with van der Waals surface area (Å²) in [5, 5.41) is 7.71. The first-order valence-corrected chi connectivity index (χ1v) is 9.43. The first-order chi connectivity index (χ1) is 13.9. The largest absolute Gasteiger partial charge is 0.448 e. The number of fused-ring (bicyclic) bond motifs is 1. The topological polar surface area (TPSA) is 90.3 Å². The highest BCUT2D eigenvalue weighted by molar-refractivity contribution is 6.03. The van der Waals surface area contributed by atoms with E-state index < -0.39 is 18.0 Å². The van der Waals surface area contributed by atoms with Crippen LogP contribution in [0.1, 0.15) is 31.3 Å². The average molecular weight is 393 g/mol. The molecule has 1 atom stereocenters. The van der Waals surface area contributed by atoms with Gasteiger partial charge in [-0.05, 0) is 31.0 Å². The lowest BCUT2D eigenvalue weighted by molar-refractivity contribution is -0.123. The molecule has 150 valence electrons. The zero-order valence-corrected chi connectivity index (χ0v) is 16.6. The van der Waals surface area contributed by atoms with E-state index in [9.17, 15) is 14.4 Å². The van der Waals surface area contributed by atoms with Crippen molar-refractivity contribution in [1.29, 1.82) is 0 Å². The number of benzene rings is 2. The van der Waals surface area contributed by atoms with Gasteiger partial charge in [0.1, 0.15) is 0 Å². The van der Waals surface area contributed by atoms with Gasteiger partial charge in [0.05, 0.1) is 5.39 Å². The van der Waals surface area contributed by atoms with Crippen molar-refractivity contribution in [2.75, 3.05) is 5.32 Å². The van der Waals surface area contributed by atoms with Gasteiger partial charge in [0, 0.05) is 17.6 Å². The van der Waals surface area contributed by atoms with E-state index in [1.807, 2.05) is 19.9 Å². The predicted molar refractivity (Wildman–Crippen MR) is 111 cm³/mol. The Kier molecular flexibility index (Phi) is 6.07. The van der Waals surface area contributed by atoms with E-state index in [2.05, 4.69) is 10.4 Å². The van der Waals surface area contributed by atoms with Gasteiger partial charge >= 0.3 is 5.97 Å². The van der Waals surface area contributed by atoms with Crippen LogP contribution in [0.5, 0.6) is 0 Å². The minimum atomic E-state index is -1.03. The number of aromatic nitrogens is 2. The molecule has 3 aromatic rings. The molecule has 1 amide bonds. The molecule has 0 aliphatic heterocycles. The Labute approximate surface area is 168 Å². The summed E-state index contributed by atoms with van der Waals surface area (Å²) in [6.07, 6.45) is -1.03. The van der Waals surface area contributed by atoms with Crippen LogP contribution in [0.2, 0.25) is 0 Å². The summed E-state index contributed by atoms with van der Waals surface area (Å²) in [6.45, 7) is 5.77. The third-order valence-electron chi connectivity index (χ3n) is 4.29. The number of amides is 1. The second kappa shape index (κ2) is 8.68. The minimum absolute atomic E-state index is 0.0141. The Bertz CT molecular complexity index is 1090. The van der Waals surface area contributed by atoms with Crippen LogP contribution in [-0.2, 0) is 16.1 Å². The van der Waals surface area contributed by atoms with Crippen LogP contribution in [0.15, 0.2) is 59.4 Å². The fraction of sp³-hybridized carbons (Fsp3) is 0.273. The molecule has 0 saturated heterocycles. The number of carbonyl (C=O) groups is 2. The molecular formula is C22H23N3O4. The SMILES string of the molecule is CC(C)Cn1nc(C(=O)O[C@H](C)C(=O)Nc2ccccc2)c2ccccc2c1=O. The van der Waals surface area contributed by atoms with Gasteiger partial charge in [-0.1, -0.05) is 50.2 Å². The summed E-state index contributed by atoms with van der Waals surface area (Å²) in [5.41, 5.74) is 0.357. The molecule has 3 rings (SSSR count). The molecule has 7 nitrogen and oxygen atoms in total. The quantitative estimate of drug-likeness (QED) is 0.650. The highest BCUT2D eigenvalue weighted by atomic mass is 16.5. The van der Waals surface area contributed by atoms with E-state index >= 15 is 0 Å². The van der Waals surface area contributed by atoms with Gasteiger partial charge in [0.2, 0.25) is 0 Å². The molecule has 0 radical (unpaired) electrons. The maximum atomic E-state index is 12.8. The second-order valence-corrected chi connectivity index (χ2v) is 7.18. The van der Waals surface area contributed by atoms with Crippen LogP contribution in [0.4, 0.5) is 5.69 Å². The zero-order chi connectivity index (χ0) is 21.0. The molecule has 0 bridgehead atoms. The molecule has 1 N–H and O–H groups in total. The molecule has 0 saturated carbocycles. The maximum absolute atomic E-state index is 12.8. The van der Waals surface area contributed by atoms with E-state index in [4.69, 9.17) is 4.74 Å². The summed E-state index contributed by atoms with van der Waals surface area (Å²) < 4.78 is 6.63. The van der Waals surface area contributed by atoms with Crippen LogP contribution >= 0.6 is 0 Å². The number of hydrogen-bond acceptors (Lipinski definition) is 5. The molecule has 0 fully saturated rings. The van der Waals surface area contributed by atoms with E-state index in [1.165, 1.54) is 11.6 Å². The molecular weight excluding hydrogens is 370 g/mol. The first-order valence-electron chi connectivity index (χ1n) is 9.43. The van der Waals surface area contributed by atoms with Crippen LogP contribution < -0.4 is 10.9 Å². The van der Waals surface area contributed by atoms with E-state index in [-0.39, 0.29) is 17.2 Å². The van der Waals surface area contributed by atoms with Gasteiger partial charge in [-0.3, -0.25) is 9.59 Å². The Morgan fingerprint density at radius 1 is 1.00 bits per heavy atom. The van der Waals surface area contributed by atoms with E-state index in [1.54, 1.807) is 48.5 Å². The lowest BCUT2D eigenvalue weighted by Crippen LogP contribution is -2.32. The van der Waals surface area contributed by atoms with E-state index in [0.29, 0.717) is 23.0 Å². The second-order valence-electron chi connectivity index (χ2n) is 7.18. The van der Waals surface area contributed by atoms with Crippen molar-refractivity contribution in [3.05, 3.63) is 70.6 Å². The zero-order valence-electron chi connectivity index (χ0n) is 16.6. The standard InChI is InChI=1S/C22H23N3O4/c1-14(2)13-25-21(27)18-12-8-7-11-17(18)19(24-25)22(28)29-15(3)20(26)23-16-9-5-4-6-10-16/h4-12,14-15H,13H2,1-3H3,(H,23,26)/t15-/m1/s1.